The highest BCUT2D eigenvalue weighted by atomic mass is 15.2. The first-order chi connectivity index (χ1) is 8.74. The van der Waals surface area contributed by atoms with Gasteiger partial charge < -0.3 is 5.32 Å². The minimum Gasteiger partial charge on any atom is -0.309 e. The van der Waals surface area contributed by atoms with Crippen molar-refractivity contribution in [2.45, 2.75) is 51.2 Å². The van der Waals surface area contributed by atoms with Crippen molar-refractivity contribution in [2.75, 3.05) is 13.6 Å². The predicted octanol–water partition coefficient (Wildman–Crippen LogP) is 3.21. The molecule has 1 fully saturated rings. The van der Waals surface area contributed by atoms with Gasteiger partial charge in [-0.25, -0.2) is 0 Å². The van der Waals surface area contributed by atoms with E-state index in [-0.39, 0.29) is 0 Å². The van der Waals surface area contributed by atoms with Crippen LogP contribution in [0.15, 0.2) is 30.3 Å². The smallest absolute Gasteiger partial charge is 0.0475 e. The lowest BCUT2D eigenvalue weighted by Crippen LogP contribution is -2.42. The number of hydrogen-bond donors (Lipinski definition) is 1. The Morgan fingerprint density at radius 1 is 1.28 bits per heavy atom. The van der Waals surface area contributed by atoms with Crippen LogP contribution in [-0.4, -0.2) is 30.6 Å². The van der Waals surface area contributed by atoms with Crippen molar-refractivity contribution >= 4 is 0 Å². The maximum absolute atomic E-state index is 3.71. The molecule has 0 spiro atoms. The molecular weight excluding hydrogens is 220 g/mol. The number of benzene rings is 1. The lowest BCUT2D eigenvalue weighted by Gasteiger charge is -2.33. The summed E-state index contributed by atoms with van der Waals surface area (Å²) in [6, 6.07) is 12.7. The van der Waals surface area contributed by atoms with Crippen LogP contribution in [0.5, 0.6) is 0 Å². The second-order valence-electron chi connectivity index (χ2n) is 5.48. The summed E-state index contributed by atoms with van der Waals surface area (Å²) < 4.78 is 0. The minimum atomic E-state index is 0.441. The molecule has 2 nitrogen and oxygen atoms in total. The Bertz CT molecular complexity index is 345. The summed E-state index contributed by atoms with van der Waals surface area (Å²) in [6.45, 7) is 5.66. The highest BCUT2D eigenvalue weighted by molar-refractivity contribution is 5.20. The summed E-state index contributed by atoms with van der Waals surface area (Å²) in [7, 11) is 2.27. The highest BCUT2D eigenvalue weighted by Crippen LogP contribution is 2.31. The molecule has 1 aliphatic rings. The fraction of sp³-hybridized carbons (Fsp3) is 0.625. The van der Waals surface area contributed by atoms with Gasteiger partial charge in [0.05, 0.1) is 0 Å². The van der Waals surface area contributed by atoms with Gasteiger partial charge in [-0.15, -0.1) is 0 Å². The zero-order chi connectivity index (χ0) is 13.0. The Balaban J connectivity index is 2.08. The molecule has 100 valence electrons. The highest BCUT2D eigenvalue weighted by Gasteiger charge is 2.32. The van der Waals surface area contributed by atoms with Crippen molar-refractivity contribution in [2.24, 2.45) is 0 Å². The molecule has 2 atom stereocenters. The maximum atomic E-state index is 3.71. The SMILES string of the molecule is CCCNC(c1ccccc1)C(C)N(C)C1CC1. The van der Waals surface area contributed by atoms with Crippen molar-refractivity contribution in [3.63, 3.8) is 0 Å². The van der Waals surface area contributed by atoms with Crippen molar-refractivity contribution in [1.82, 2.24) is 10.2 Å². The lowest BCUT2D eigenvalue weighted by atomic mass is 9.99. The number of nitrogens with zero attached hydrogens (tertiary/aromatic N) is 1. The first kappa shape index (κ1) is 13.6. The van der Waals surface area contributed by atoms with Gasteiger partial charge in [0, 0.05) is 18.1 Å². The summed E-state index contributed by atoms with van der Waals surface area (Å²) in [5, 5.41) is 3.71. The molecule has 0 saturated heterocycles. The largest absolute Gasteiger partial charge is 0.309 e. The molecule has 1 aromatic rings. The number of likely N-dealkylation sites (N-methyl/N-ethyl adjacent to an activating group) is 1. The quantitative estimate of drug-likeness (QED) is 0.794. The molecule has 1 aromatic carbocycles. The van der Waals surface area contributed by atoms with Crippen LogP contribution < -0.4 is 5.32 Å². The van der Waals surface area contributed by atoms with Gasteiger partial charge in [0.1, 0.15) is 0 Å². The number of hydrogen-bond acceptors (Lipinski definition) is 2. The normalized spacial score (nSPS) is 18.9. The Morgan fingerprint density at radius 3 is 2.50 bits per heavy atom. The molecule has 0 aliphatic heterocycles. The predicted molar refractivity (Wildman–Crippen MR) is 77.7 cm³/mol. The van der Waals surface area contributed by atoms with E-state index in [9.17, 15) is 0 Å². The monoisotopic (exact) mass is 246 g/mol. The Labute approximate surface area is 111 Å². The van der Waals surface area contributed by atoms with E-state index in [1.165, 1.54) is 24.8 Å². The van der Waals surface area contributed by atoms with E-state index >= 15 is 0 Å². The molecule has 0 aromatic heterocycles. The Morgan fingerprint density at radius 2 is 1.94 bits per heavy atom. The Hall–Kier alpha value is -0.860. The molecule has 18 heavy (non-hydrogen) atoms. The fourth-order valence-electron chi connectivity index (χ4n) is 2.58. The van der Waals surface area contributed by atoms with E-state index in [1.807, 2.05) is 0 Å². The van der Waals surface area contributed by atoms with Crippen LogP contribution in [0.2, 0.25) is 0 Å². The molecule has 1 aliphatic carbocycles. The van der Waals surface area contributed by atoms with Crippen LogP contribution in [0.1, 0.15) is 44.7 Å². The van der Waals surface area contributed by atoms with E-state index in [4.69, 9.17) is 0 Å². The third kappa shape index (κ3) is 3.33. The zero-order valence-electron chi connectivity index (χ0n) is 11.9. The van der Waals surface area contributed by atoms with Gasteiger partial charge in [0.2, 0.25) is 0 Å². The first-order valence-corrected chi connectivity index (χ1v) is 7.24. The van der Waals surface area contributed by atoms with Crippen LogP contribution in [-0.2, 0) is 0 Å². The lowest BCUT2D eigenvalue weighted by molar-refractivity contribution is 0.198. The minimum absolute atomic E-state index is 0.441. The van der Waals surface area contributed by atoms with Gasteiger partial charge in [-0.05, 0) is 45.3 Å². The van der Waals surface area contributed by atoms with Gasteiger partial charge in [-0.2, -0.15) is 0 Å². The molecule has 2 rings (SSSR count). The fourth-order valence-corrected chi connectivity index (χ4v) is 2.58. The van der Waals surface area contributed by atoms with Crippen molar-refractivity contribution in [3.8, 4) is 0 Å². The molecular formula is C16H26N2. The molecule has 0 amide bonds. The number of nitrogens with one attached hydrogen (secondary N) is 1. The zero-order valence-corrected chi connectivity index (χ0v) is 11.9. The topological polar surface area (TPSA) is 15.3 Å². The van der Waals surface area contributed by atoms with Crippen LogP contribution in [0.4, 0.5) is 0 Å². The maximum Gasteiger partial charge on any atom is 0.0475 e. The van der Waals surface area contributed by atoms with E-state index < -0.39 is 0 Å². The van der Waals surface area contributed by atoms with E-state index in [0.29, 0.717) is 12.1 Å². The molecule has 0 heterocycles. The average molecular weight is 246 g/mol. The van der Waals surface area contributed by atoms with Gasteiger partial charge >= 0.3 is 0 Å². The van der Waals surface area contributed by atoms with Crippen molar-refractivity contribution in [3.05, 3.63) is 35.9 Å². The molecule has 1 saturated carbocycles. The second kappa shape index (κ2) is 6.35. The third-order valence-electron chi connectivity index (χ3n) is 4.02. The summed E-state index contributed by atoms with van der Waals surface area (Å²) >= 11 is 0. The van der Waals surface area contributed by atoms with Crippen molar-refractivity contribution in [1.29, 1.82) is 0 Å². The van der Waals surface area contributed by atoms with E-state index in [1.54, 1.807) is 0 Å². The molecule has 0 bridgehead atoms. The van der Waals surface area contributed by atoms with Gasteiger partial charge in [0.25, 0.3) is 0 Å². The van der Waals surface area contributed by atoms with Gasteiger partial charge in [0.15, 0.2) is 0 Å². The van der Waals surface area contributed by atoms with E-state index in [2.05, 4.69) is 61.4 Å². The molecule has 0 radical (unpaired) electrons. The third-order valence-corrected chi connectivity index (χ3v) is 4.02. The summed E-state index contributed by atoms with van der Waals surface area (Å²) in [5.41, 5.74) is 1.41. The van der Waals surface area contributed by atoms with Gasteiger partial charge in [-0.1, -0.05) is 37.3 Å². The van der Waals surface area contributed by atoms with E-state index in [0.717, 1.165) is 12.6 Å². The van der Waals surface area contributed by atoms with Crippen molar-refractivity contribution < 1.29 is 0 Å². The summed E-state index contributed by atoms with van der Waals surface area (Å²) in [5.74, 6) is 0. The summed E-state index contributed by atoms with van der Waals surface area (Å²) in [6.07, 6.45) is 3.93. The molecule has 1 N–H and O–H groups in total. The van der Waals surface area contributed by atoms with Gasteiger partial charge in [-0.3, -0.25) is 4.90 Å². The molecule has 2 unspecified atom stereocenters. The Kier molecular flexibility index (Phi) is 4.79. The van der Waals surface area contributed by atoms with Crippen LogP contribution >= 0.6 is 0 Å². The first-order valence-electron chi connectivity index (χ1n) is 7.24. The average Bonchev–Trinajstić information content (AvgIpc) is 3.23. The standard InChI is InChI=1S/C16H26N2/c1-4-12-17-16(14-8-6-5-7-9-14)13(2)18(3)15-10-11-15/h5-9,13,15-17H,4,10-12H2,1-3H3. The van der Waals surface area contributed by atoms with Crippen LogP contribution in [0.3, 0.4) is 0 Å². The summed E-state index contributed by atoms with van der Waals surface area (Å²) in [4.78, 5) is 2.54. The molecule has 2 heteroatoms. The van der Waals surface area contributed by atoms with Crippen LogP contribution in [0, 0.1) is 0 Å². The number of rotatable bonds is 7. The second-order valence-corrected chi connectivity index (χ2v) is 5.48. The van der Waals surface area contributed by atoms with Crippen LogP contribution in [0.25, 0.3) is 0 Å².